The summed E-state index contributed by atoms with van der Waals surface area (Å²) in [5, 5.41) is 14.4. The predicted octanol–water partition coefficient (Wildman–Crippen LogP) is 5.56. The first-order valence-electron chi connectivity index (χ1n) is 9.25. The minimum atomic E-state index is -0.563. The van der Waals surface area contributed by atoms with Gasteiger partial charge in [0, 0.05) is 12.5 Å². The molecule has 0 bridgehead atoms. The van der Waals surface area contributed by atoms with Crippen LogP contribution in [-0.4, -0.2) is 15.8 Å². The second-order valence-electron chi connectivity index (χ2n) is 6.55. The third kappa shape index (κ3) is 4.26. The second kappa shape index (κ2) is 8.67. The maximum absolute atomic E-state index is 12.7. The summed E-state index contributed by atoms with van der Waals surface area (Å²) in [6, 6.07) is 25.7. The van der Waals surface area contributed by atoms with Gasteiger partial charge in [0.25, 0.3) is 11.6 Å². The highest BCUT2D eigenvalue weighted by Gasteiger charge is 2.21. The van der Waals surface area contributed by atoms with Crippen molar-refractivity contribution in [2.24, 2.45) is 0 Å². The molecule has 0 radical (unpaired) electrons. The molecule has 148 valence electrons. The van der Waals surface area contributed by atoms with Gasteiger partial charge in [0.05, 0.1) is 15.5 Å². The molecule has 4 aromatic rings. The van der Waals surface area contributed by atoms with Crippen LogP contribution in [0.1, 0.15) is 21.6 Å². The lowest BCUT2D eigenvalue weighted by Crippen LogP contribution is -2.13. The van der Waals surface area contributed by atoms with Gasteiger partial charge in [-0.25, -0.2) is 4.98 Å². The molecular weight excluding hydrogens is 398 g/mol. The highest BCUT2D eigenvalue weighted by Crippen LogP contribution is 2.34. The van der Waals surface area contributed by atoms with E-state index in [2.05, 4.69) is 10.3 Å². The van der Waals surface area contributed by atoms with Gasteiger partial charge in [0.15, 0.2) is 5.13 Å². The van der Waals surface area contributed by atoms with Crippen molar-refractivity contribution in [2.45, 2.75) is 6.42 Å². The summed E-state index contributed by atoms with van der Waals surface area (Å²) in [5.74, 6) is -0.554. The zero-order valence-corrected chi connectivity index (χ0v) is 16.6. The van der Waals surface area contributed by atoms with Gasteiger partial charge in [-0.05, 0) is 17.2 Å². The van der Waals surface area contributed by atoms with Gasteiger partial charge in [-0.1, -0.05) is 84.1 Å². The van der Waals surface area contributed by atoms with E-state index in [9.17, 15) is 14.9 Å². The van der Waals surface area contributed by atoms with Crippen LogP contribution in [0.5, 0.6) is 0 Å². The topological polar surface area (TPSA) is 85.1 Å². The van der Waals surface area contributed by atoms with E-state index in [0.717, 1.165) is 21.7 Å². The number of carbonyl (C=O) groups is 1. The van der Waals surface area contributed by atoms with Crippen LogP contribution in [0.4, 0.5) is 10.8 Å². The molecule has 3 aromatic carbocycles. The van der Waals surface area contributed by atoms with Gasteiger partial charge in [-0.3, -0.25) is 20.2 Å². The molecule has 0 saturated heterocycles. The van der Waals surface area contributed by atoms with Crippen LogP contribution in [0, 0.1) is 10.1 Å². The molecule has 0 saturated carbocycles. The van der Waals surface area contributed by atoms with E-state index in [1.807, 2.05) is 60.7 Å². The molecule has 0 spiro atoms. The maximum atomic E-state index is 12.7. The van der Waals surface area contributed by atoms with Gasteiger partial charge in [0.1, 0.15) is 5.56 Å². The quantitative estimate of drug-likeness (QED) is 0.330. The number of para-hydroxylation sites is 1. The van der Waals surface area contributed by atoms with E-state index < -0.39 is 10.8 Å². The molecule has 1 aromatic heterocycles. The molecule has 4 rings (SSSR count). The summed E-state index contributed by atoms with van der Waals surface area (Å²) in [6.45, 7) is 0. The minimum absolute atomic E-state index is 0.00331. The number of thiazole rings is 1. The van der Waals surface area contributed by atoms with Crippen molar-refractivity contribution >= 4 is 28.1 Å². The van der Waals surface area contributed by atoms with Gasteiger partial charge in [-0.15, -0.1) is 0 Å². The average Bonchev–Trinajstić information content (AvgIpc) is 3.17. The first-order valence-corrected chi connectivity index (χ1v) is 10.1. The van der Waals surface area contributed by atoms with Crippen LogP contribution < -0.4 is 5.32 Å². The standard InChI is InChI=1S/C23H17N3O3S/c27-22(18-13-7-8-14-20(18)26(28)29)25-23-24-19(15-16-9-3-1-4-10-16)21(30-23)17-11-5-2-6-12-17/h1-14H,15H2,(H,24,25,27). The lowest BCUT2D eigenvalue weighted by molar-refractivity contribution is -0.385. The largest absolute Gasteiger partial charge is 0.298 e. The first-order chi connectivity index (χ1) is 14.6. The molecule has 0 aliphatic carbocycles. The van der Waals surface area contributed by atoms with Gasteiger partial charge in [-0.2, -0.15) is 0 Å². The van der Waals surface area contributed by atoms with Crippen molar-refractivity contribution < 1.29 is 9.72 Å². The van der Waals surface area contributed by atoms with Gasteiger partial charge < -0.3 is 0 Å². The molecule has 0 unspecified atom stereocenters. The number of nitrogens with one attached hydrogen (secondary N) is 1. The fraction of sp³-hybridized carbons (Fsp3) is 0.0435. The summed E-state index contributed by atoms with van der Waals surface area (Å²) in [7, 11) is 0. The lowest BCUT2D eigenvalue weighted by atomic mass is 10.1. The molecule has 6 nitrogen and oxygen atoms in total. The highest BCUT2D eigenvalue weighted by atomic mass is 32.1. The molecule has 0 fully saturated rings. The Hall–Kier alpha value is -3.84. The Morgan fingerprint density at radius 2 is 1.57 bits per heavy atom. The van der Waals surface area contributed by atoms with Crippen LogP contribution in [0.25, 0.3) is 10.4 Å². The number of nitro benzene ring substituents is 1. The second-order valence-corrected chi connectivity index (χ2v) is 7.55. The zero-order valence-electron chi connectivity index (χ0n) is 15.8. The number of carbonyl (C=O) groups excluding carboxylic acids is 1. The fourth-order valence-corrected chi connectivity index (χ4v) is 4.10. The Morgan fingerprint density at radius 3 is 2.27 bits per heavy atom. The van der Waals surface area contributed by atoms with E-state index >= 15 is 0 Å². The smallest absolute Gasteiger partial charge is 0.282 e. The molecule has 1 amide bonds. The minimum Gasteiger partial charge on any atom is -0.298 e. The third-order valence-corrected chi connectivity index (χ3v) is 5.58. The maximum Gasteiger partial charge on any atom is 0.282 e. The monoisotopic (exact) mass is 415 g/mol. The number of nitrogens with zero attached hydrogens (tertiary/aromatic N) is 2. The van der Waals surface area contributed by atoms with E-state index in [4.69, 9.17) is 0 Å². The number of nitro groups is 1. The van der Waals surface area contributed by atoms with E-state index in [1.54, 1.807) is 6.07 Å². The number of hydrogen-bond acceptors (Lipinski definition) is 5. The summed E-state index contributed by atoms with van der Waals surface area (Å²) in [4.78, 5) is 29.0. The molecule has 1 heterocycles. The van der Waals surface area contributed by atoms with E-state index in [1.165, 1.54) is 29.5 Å². The fourth-order valence-electron chi connectivity index (χ4n) is 3.12. The Morgan fingerprint density at radius 1 is 0.933 bits per heavy atom. The van der Waals surface area contributed by atoms with Gasteiger partial charge >= 0.3 is 0 Å². The number of amides is 1. The summed E-state index contributed by atoms with van der Waals surface area (Å²) in [5.41, 5.74) is 2.72. The first kappa shape index (κ1) is 19.5. The number of anilines is 1. The number of aromatic nitrogens is 1. The molecule has 0 aliphatic heterocycles. The zero-order chi connectivity index (χ0) is 20.9. The van der Waals surface area contributed by atoms with E-state index in [-0.39, 0.29) is 11.3 Å². The lowest BCUT2D eigenvalue weighted by Gasteiger charge is -2.03. The average molecular weight is 415 g/mol. The number of rotatable bonds is 6. The van der Waals surface area contributed by atoms with Crippen LogP contribution >= 0.6 is 11.3 Å². The molecular formula is C23H17N3O3S. The molecule has 0 atom stereocenters. The summed E-state index contributed by atoms with van der Waals surface area (Å²) >= 11 is 1.36. The van der Waals surface area contributed by atoms with Crippen molar-refractivity contribution in [1.29, 1.82) is 0 Å². The van der Waals surface area contributed by atoms with Crippen molar-refractivity contribution in [3.63, 3.8) is 0 Å². The van der Waals surface area contributed by atoms with Crippen molar-refractivity contribution in [3.8, 4) is 10.4 Å². The predicted molar refractivity (Wildman–Crippen MR) is 118 cm³/mol. The third-order valence-electron chi connectivity index (χ3n) is 4.51. The Bertz CT molecular complexity index is 1190. The van der Waals surface area contributed by atoms with Crippen molar-refractivity contribution in [1.82, 2.24) is 4.98 Å². The molecule has 1 N–H and O–H groups in total. The van der Waals surface area contributed by atoms with Gasteiger partial charge in [0.2, 0.25) is 0 Å². The van der Waals surface area contributed by atoms with Crippen molar-refractivity contribution in [3.05, 3.63) is 112 Å². The Kier molecular flexibility index (Phi) is 5.63. The number of benzene rings is 3. The molecule has 7 heteroatoms. The molecule has 30 heavy (non-hydrogen) atoms. The summed E-state index contributed by atoms with van der Waals surface area (Å²) in [6.07, 6.45) is 0.614. The molecule has 0 aliphatic rings. The van der Waals surface area contributed by atoms with Crippen LogP contribution in [-0.2, 0) is 6.42 Å². The van der Waals surface area contributed by atoms with Crippen molar-refractivity contribution in [2.75, 3.05) is 5.32 Å². The number of hydrogen-bond donors (Lipinski definition) is 1. The van der Waals surface area contributed by atoms with Crippen LogP contribution in [0.3, 0.4) is 0 Å². The SMILES string of the molecule is O=C(Nc1nc(Cc2ccccc2)c(-c2ccccc2)s1)c1ccccc1[N+](=O)[O-]. The summed E-state index contributed by atoms with van der Waals surface area (Å²) < 4.78 is 0. The van der Waals surface area contributed by atoms with E-state index in [0.29, 0.717) is 11.6 Å². The van der Waals surface area contributed by atoms with Crippen LogP contribution in [0.2, 0.25) is 0 Å². The normalized spacial score (nSPS) is 10.5. The highest BCUT2D eigenvalue weighted by molar-refractivity contribution is 7.19. The Labute approximate surface area is 177 Å². The van der Waals surface area contributed by atoms with Crippen LogP contribution in [0.15, 0.2) is 84.9 Å². The Balaban J connectivity index is 1.67.